The molecule has 0 bridgehead atoms. The number of aromatic hydroxyl groups is 1. The molecule has 0 spiro atoms. The zero-order valence-corrected chi connectivity index (χ0v) is 25.7. The Hall–Kier alpha value is -4.33. The lowest BCUT2D eigenvalue weighted by Crippen LogP contribution is -2.20. The highest BCUT2D eigenvalue weighted by Crippen LogP contribution is 2.40. The fourth-order valence-electron chi connectivity index (χ4n) is 4.27. The van der Waals surface area contributed by atoms with Crippen molar-refractivity contribution >= 4 is 23.7 Å². The lowest BCUT2D eigenvalue weighted by Gasteiger charge is -2.28. The van der Waals surface area contributed by atoms with E-state index in [9.17, 15) is 14.7 Å². The summed E-state index contributed by atoms with van der Waals surface area (Å²) in [4.78, 5) is 24.7. The maximum absolute atomic E-state index is 12.5. The molecule has 0 aromatic heterocycles. The number of anilines is 1. The summed E-state index contributed by atoms with van der Waals surface area (Å²) < 4.78 is 11.0. The molecule has 2 amide bonds. The van der Waals surface area contributed by atoms with E-state index in [0.717, 1.165) is 28.0 Å². The summed E-state index contributed by atoms with van der Waals surface area (Å²) in [6.45, 7) is 14.8. The monoisotopic (exact) mass is 573 g/mol. The van der Waals surface area contributed by atoms with Crippen LogP contribution in [0.1, 0.15) is 77.1 Å². The molecular weight excluding hydrogens is 530 g/mol. The summed E-state index contributed by atoms with van der Waals surface area (Å²) in [5.74, 6) is 1.14. The van der Waals surface area contributed by atoms with Crippen LogP contribution in [0.5, 0.6) is 17.2 Å². The van der Waals surface area contributed by atoms with Crippen molar-refractivity contribution in [3.8, 4) is 17.2 Å². The number of rotatable bonds is 11. The molecule has 0 heterocycles. The molecule has 3 rings (SSSR count). The molecule has 0 aliphatic rings. The molecular formula is C34H43N3O5. The second kappa shape index (κ2) is 14.0. The molecule has 0 aliphatic carbocycles. The number of hydrazone groups is 1. The molecule has 3 aromatic carbocycles. The number of phenols is 1. The number of nitrogens with zero attached hydrogens (tertiary/aromatic N) is 1. The molecule has 8 nitrogen and oxygen atoms in total. The van der Waals surface area contributed by atoms with Crippen LogP contribution in [-0.2, 0) is 26.8 Å². The third-order valence-corrected chi connectivity index (χ3v) is 6.53. The predicted molar refractivity (Wildman–Crippen MR) is 168 cm³/mol. The predicted octanol–water partition coefficient (Wildman–Crippen LogP) is 6.49. The van der Waals surface area contributed by atoms with Gasteiger partial charge in [0.1, 0.15) is 17.2 Å². The first-order valence-corrected chi connectivity index (χ1v) is 14.2. The first kappa shape index (κ1) is 32.2. The summed E-state index contributed by atoms with van der Waals surface area (Å²) in [5, 5.41) is 17.8. The van der Waals surface area contributed by atoms with Gasteiger partial charge in [-0.15, -0.1) is 0 Å². The summed E-state index contributed by atoms with van der Waals surface area (Å²) in [6, 6.07) is 18.2. The third kappa shape index (κ3) is 9.65. The summed E-state index contributed by atoms with van der Waals surface area (Å²) >= 11 is 0. The Bertz CT molecular complexity index is 1350. The Labute approximate surface area is 249 Å². The van der Waals surface area contributed by atoms with Crippen LogP contribution in [0.4, 0.5) is 5.69 Å². The molecule has 0 radical (unpaired) electrons. The van der Waals surface area contributed by atoms with Gasteiger partial charge in [-0.3, -0.25) is 9.59 Å². The molecule has 0 aliphatic heterocycles. The average molecular weight is 574 g/mol. The maximum Gasteiger partial charge on any atom is 0.262 e. The van der Waals surface area contributed by atoms with Crippen molar-refractivity contribution in [2.24, 2.45) is 5.10 Å². The van der Waals surface area contributed by atoms with Gasteiger partial charge in [0, 0.05) is 12.1 Å². The number of ether oxygens (including phenoxy) is 2. The topological polar surface area (TPSA) is 109 Å². The smallest absolute Gasteiger partial charge is 0.262 e. The van der Waals surface area contributed by atoms with Crippen molar-refractivity contribution in [1.29, 1.82) is 0 Å². The first-order valence-electron chi connectivity index (χ1n) is 14.2. The van der Waals surface area contributed by atoms with E-state index in [1.807, 2.05) is 19.1 Å². The lowest BCUT2D eigenvalue weighted by molar-refractivity contribution is -0.121. The van der Waals surface area contributed by atoms with Crippen LogP contribution in [-0.4, -0.2) is 36.3 Å². The zero-order valence-electron chi connectivity index (χ0n) is 25.7. The zero-order chi connectivity index (χ0) is 30.9. The van der Waals surface area contributed by atoms with Crippen LogP contribution in [0.15, 0.2) is 65.8 Å². The fraction of sp³-hybridized carbons (Fsp3) is 0.382. The van der Waals surface area contributed by atoms with Gasteiger partial charge in [0.25, 0.3) is 5.91 Å². The Balaban J connectivity index is 1.48. The third-order valence-electron chi connectivity index (χ3n) is 6.53. The summed E-state index contributed by atoms with van der Waals surface area (Å²) in [6.07, 6.45) is 2.35. The van der Waals surface area contributed by atoms with Gasteiger partial charge in [0.15, 0.2) is 6.61 Å². The van der Waals surface area contributed by atoms with Crippen molar-refractivity contribution < 1.29 is 24.2 Å². The highest BCUT2D eigenvalue weighted by atomic mass is 16.5. The van der Waals surface area contributed by atoms with E-state index in [2.05, 4.69) is 57.4 Å². The van der Waals surface area contributed by atoms with Crippen molar-refractivity contribution in [2.45, 2.75) is 72.1 Å². The normalized spacial score (nSPS) is 11.8. The standard InChI is InChI=1S/C34H43N3O5/c1-8-41-26-16-12-25(13-17-26)36-31(39)22-42-27-14-9-23(10-15-27)21-35-37-30(38)18-11-24-19-28(33(2,3)4)32(40)29(20-24)34(5,6)7/h9-10,12-17,19-21,40H,8,11,18,22H2,1-7H3,(H,36,39)(H,37,38)/b35-21-. The first-order chi connectivity index (χ1) is 19.8. The van der Waals surface area contributed by atoms with Crippen LogP contribution in [0.2, 0.25) is 0 Å². The number of amides is 2. The Morgan fingerprint density at radius 1 is 0.833 bits per heavy atom. The van der Waals surface area contributed by atoms with Gasteiger partial charge in [-0.1, -0.05) is 53.7 Å². The number of aryl methyl sites for hydroxylation is 1. The van der Waals surface area contributed by atoms with Crippen molar-refractivity contribution in [3.05, 3.63) is 82.9 Å². The summed E-state index contributed by atoms with van der Waals surface area (Å²) in [5.41, 5.74) is 6.32. The van der Waals surface area contributed by atoms with Gasteiger partial charge in [-0.25, -0.2) is 5.43 Å². The Morgan fingerprint density at radius 2 is 1.38 bits per heavy atom. The van der Waals surface area contributed by atoms with Crippen molar-refractivity contribution in [3.63, 3.8) is 0 Å². The van der Waals surface area contributed by atoms with Crippen molar-refractivity contribution in [2.75, 3.05) is 18.5 Å². The van der Waals surface area contributed by atoms with E-state index in [4.69, 9.17) is 9.47 Å². The number of benzene rings is 3. The molecule has 3 N–H and O–H groups in total. The van der Waals surface area contributed by atoms with E-state index in [0.29, 0.717) is 30.2 Å². The molecule has 42 heavy (non-hydrogen) atoms. The minimum Gasteiger partial charge on any atom is -0.507 e. The van der Waals surface area contributed by atoms with E-state index in [-0.39, 0.29) is 35.7 Å². The molecule has 0 unspecified atom stereocenters. The van der Waals surface area contributed by atoms with Gasteiger partial charge in [0.2, 0.25) is 5.91 Å². The number of hydrogen-bond acceptors (Lipinski definition) is 6. The van der Waals surface area contributed by atoms with E-state index < -0.39 is 0 Å². The fourth-order valence-corrected chi connectivity index (χ4v) is 4.27. The number of phenolic OH excluding ortho intramolecular Hbond substituents is 1. The van der Waals surface area contributed by atoms with Gasteiger partial charge in [0.05, 0.1) is 12.8 Å². The molecule has 0 saturated carbocycles. The molecule has 0 fully saturated rings. The largest absolute Gasteiger partial charge is 0.507 e. The minimum atomic E-state index is -0.274. The SMILES string of the molecule is CCOc1ccc(NC(=O)COc2ccc(/C=N\NC(=O)CCc3cc(C(C)(C)C)c(O)c(C(C)(C)C)c3)cc2)cc1. The van der Waals surface area contributed by atoms with Crippen LogP contribution in [0, 0.1) is 0 Å². The molecule has 8 heteroatoms. The molecule has 3 aromatic rings. The highest BCUT2D eigenvalue weighted by Gasteiger charge is 2.26. The second-order valence-corrected chi connectivity index (χ2v) is 12.2. The minimum absolute atomic E-state index is 0.133. The van der Waals surface area contributed by atoms with Gasteiger partial charge >= 0.3 is 0 Å². The average Bonchev–Trinajstić information content (AvgIpc) is 2.92. The van der Waals surface area contributed by atoms with Gasteiger partial charge in [-0.05, 0) is 95.0 Å². The maximum atomic E-state index is 12.5. The van der Waals surface area contributed by atoms with Crippen LogP contribution >= 0.6 is 0 Å². The molecule has 224 valence electrons. The van der Waals surface area contributed by atoms with E-state index in [1.54, 1.807) is 54.7 Å². The summed E-state index contributed by atoms with van der Waals surface area (Å²) in [7, 11) is 0. The van der Waals surface area contributed by atoms with Gasteiger partial charge < -0.3 is 19.9 Å². The number of nitrogens with one attached hydrogen (secondary N) is 2. The number of hydrogen-bond donors (Lipinski definition) is 3. The quantitative estimate of drug-likeness (QED) is 0.180. The van der Waals surface area contributed by atoms with E-state index in [1.165, 1.54) is 0 Å². The van der Waals surface area contributed by atoms with Crippen LogP contribution < -0.4 is 20.2 Å². The Morgan fingerprint density at radius 3 is 1.93 bits per heavy atom. The lowest BCUT2D eigenvalue weighted by atomic mass is 9.78. The highest BCUT2D eigenvalue weighted by molar-refractivity contribution is 5.92. The van der Waals surface area contributed by atoms with Crippen molar-refractivity contribution in [1.82, 2.24) is 5.43 Å². The molecule has 0 saturated heterocycles. The Kier molecular flexibility index (Phi) is 10.8. The number of carbonyl (C=O) groups is 2. The van der Waals surface area contributed by atoms with E-state index >= 15 is 0 Å². The van der Waals surface area contributed by atoms with Crippen LogP contribution in [0.25, 0.3) is 0 Å². The number of carbonyl (C=O) groups excluding carboxylic acids is 2. The second-order valence-electron chi connectivity index (χ2n) is 12.2. The van der Waals surface area contributed by atoms with Gasteiger partial charge in [-0.2, -0.15) is 5.10 Å². The molecule has 0 atom stereocenters. The van der Waals surface area contributed by atoms with Crippen LogP contribution in [0.3, 0.4) is 0 Å².